The van der Waals surface area contributed by atoms with Crippen molar-refractivity contribution >= 4 is 5.91 Å². The zero-order valence-electron chi connectivity index (χ0n) is 16.6. The Bertz CT molecular complexity index is 1260. The predicted molar refractivity (Wildman–Crippen MR) is 110 cm³/mol. The number of amides is 1. The molecule has 0 aliphatic carbocycles. The fourth-order valence-electron chi connectivity index (χ4n) is 3.34. The molecule has 1 amide bonds. The molecular weight excluding hydrogens is 418 g/mol. The summed E-state index contributed by atoms with van der Waals surface area (Å²) in [6.45, 7) is 0.577. The van der Waals surface area contributed by atoms with Crippen molar-refractivity contribution in [2.75, 3.05) is 13.1 Å². The van der Waals surface area contributed by atoms with Crippen LogP contribution in [-0.4, -0.2) is 45.1 Å². The molecule has 5 rings (SSSR count). The van der Waals surface area contributed by atoms with Crippen LogP contribution in [0.3, 0.4) is 0 Å². The summed E-state index contributed by atoms with van der Waals surface area (Å²) in [5, 5.41) is 4.00. The molecule has 1 saturated heterocycles. The van der Waals surface area contributed by atoms with E-state index in [4.69, 9.17) is 9.26 Å². The van der Waals surface area contributed by atoms with Crippen molar-refractivity contribution in [1.82, 2.24) is 20.0 Å². The number of aromatic nitrogens is 3. The first kappa shape index (κ1) is 19.8. The van der Waals surface area contributed by atoms with Crippen LogP contribution in [0.25, 0.3) is 22.8 Å². The van der Waals surface area contributed by atoms with Crippen molar-refractivity contribution in [3.63, 3.8) is 0 Å². The second kappa shape index (κ2) is 8.18. The molecule has 0 saturated carbocycles. The van der Waals surface area contributed by atoms with Crippen LogP contribution < -0.4 is 4.74 Å². The summed E-state index contributed by atoms with van der Waals surface area (Å²) < 4.78 is 38.3. The first-order chi connectivity index (χ1) is 15.6. The van der Waals surface area contributed by atoms with E-state index in [1.54, 1.807) is 48.8 Å². The van der Waals surface area contributed by atoms with Crippen LogP contribution in [0.5, 0.6) is 5.75 Å². The van der Waals surface area contributed by atoms with E-state index in [9.17, 15) is 13.6 Å². The summed E-state index contributed by atoms with van der Waals surface area (Å²) in [5.41, 5.74) is 1.26. The Kier molecular flexibility index (Phi) is 5.06. The highest BCUT2D eigenvalue weighted by atomic mass is 19.1. The predicted octanol–water partition coefficient (Wildman–Crippen LogP) is 3.98. The molecule has 0 unspecified atom stereocenters. The van der Waals surface area contributed by atoms with E-state index in [-0.39, 0.29) is 24.8 Å². The van der Waals surface area contributed by atoms with Crippen LogP contribution in [0.4, 0.5) is 8.78 Å². The topological polar surface area (TPSA) is 81.4 Å². The number of ether oxygens (including phenoxy) is 1. The number of hydrogen-bond donors (Lipinski definition) is 0. The van der Waals surface area contributed by atoms with Crippen molar-refractivity contribution in [3.8, 4) is 28.6 Å². The highest BCUT2D eigenvalue weighted by Gasteiger charge is 2.34. The van der Waals surface area contributed by atoms with Gasteiger partial charge in [-0.25, -0.2) is 8.78 Å². The molecule has 2 aromatic carbocycles. The lowest BCUT2D eigenvalue weighted by atomic mass is 10.1. The molecule has 0 N–H and O–H groups in total. The maximum absolute atomic E-state index is 13.8. The third kappa shape index (κ3) is 3.92. The maximum Gasteiger partial charge on any atom is 0.258 e. The van der Waals surface area contributed by atoms with Gasteiger partial charge in [0.2, 0.25) is 5.82 Å². The zero-order chi connectivity index (χ0) is 22.1. The number of carbonyl (C=O) groups excluding carboxylic acids is 1. The summed E-state index contributed by atoms with van der Waals surface area (Å²) in [4.78, 5) is 22.1. The molecule has 9 heteroatoms. The molecular formula is C23H16F2N4O3. The Morgan fingerprint density at radius 3 is 2.50 bits per heavy atom. The SMILES string of the molecule is O=C(c1cc(F)ccc1F)N1CC(Oc2ccc(-c3noc(-c4ccncc4)n3)cc2)C1. The van der Waals surface area contributed by atoms with Gasteiger partial charge in [0, 0.05) is 23.5 Å². The fourth-order valence-corrected chi connectivity index (χ4v) is 3.34. The van der Waals surface area contributed by atoms with Crippen LogP contribution in [0.15, 0.2) is 71.5 Å². The Balaban J connectivity index is 1.19. The molecule has 3 heterocycles. The summed E-state index contributed by atoms with van der Waals surface area (Å²) in [6.07, 6.45) is 3.06. The van der Waals surface area contributed by atoms with E-state index in [2.05, 4.69) is 15.1 Å². The zero-order valence-corrected chi connectivity index (χ0v) is 16.6. The highest BCUT2D eigenvalue weighted by Crippen LogP contribution is 2.26. The van der Waals surface area contributed by atoms with Crippen LogP contribution in [0.1, 0.15) is 10.4 Å². The number of likely N-dealkylation sites (tertiary alicyclic amines) is 1. The molecule has 1 fully saturated rings. The standard InChI is InChI=1S/C23H16F2N4O3/c24-16-3-6-20(25)19(11-16)23(30)29-12-18(13-29)31-17-4-1-14(2-5-17)21-27-22(32-28-21)15-7-9-26-10-8-15/h1-11,18H,12-13H2. The van der Waals surface area contributed by atoms with E-state index >= 15 is 0 Å². The van der Waals surface area contributed by atoms with Crippen LogP contribution in [-0.2, 0) is 0 Å². The first-order valence-electron chi connectivity index (χ1n) is 9.82. The maximum atomic E-state index is 13.8. The number of halogens is 2. The van der Waals surface area contributed by atoms with E-state index in [0.717, 1.165) is 29.3 Å². The summed E-state index contributed by atoms with van der Waals surface area (Å²) in [7, 11) is 0. The van der Waals surface area contributed by atoms with Crippen LogP contribution >= 0.6 is 0 Å². The van der Waals surface area contributed by atoms with Crippen molar-refractivity contribution in [2.45, 2.75) is 6.10 Å². The third-order valence-electron chi connectivity index (χ3n) is 5.06. The normalized spacial score (nSPS) is 13.6. The first-order valence-corrected chi connectivity index (χ1v) is 9.82. The fraction of sp³-hybridized carbons (Fsp3) is 0.130. The number of hydrogen-bond acceptors (Lipinski definition) is 6. The largest absolute Gasteiger partial charge is 0.487 e. The van der Waals surface area contributed by atoms with Gasteiger partial charge < -0.3 is 14.2 Å². The van der Waals surface area contributed by atoms with E-state index in [1.807, 2.05) is 0 Å². The van der Waals surface area contributed by atoms with E-state index in [1.165, 1.54) is 4.90 Å². The van der Waals surface area contributed by atoms with Gasteiger partial charge in [-0.1, -0.05) is 5.16 Å². The van der Waals surface area contributed by atoms with Crippen molar-refractivity contribution in [3.05, 3.63) is 84.2 Å². The van der Waals surface area contributed by atoms with Gasteiger partial charge in [-0.2, -0.15) is 4.98 Å². The lowest BCUT2D eigenvalue weighted by Crippen LogP contribution is -2.56. The lowest BCUT2D eigenvalue weighted by Gasteiger charge is -2.39. The van der Waals surface area contributed by atoms with Crippen molar-refractivity contribution < 1.29 is 22.8 Å². The molecule has 2 aromatic heterocycles. The monoisotopic (exact) mass is 434 g/mol. The quantitative estimate of drug-likeness (QED) is 0.473. The number of pyridine rings is 1. The Morgan fingerprint density at radius 2 is 1.75 bits per heavy atom. The average molecular weight is 434 g/mol. The van der Waals surface area contributed by atoms with Gasteiger partial charge >= 0.3 is 0 Å². The third-order valence-corrected chi connectivity index (χ3v) is 5.06. The Morgan fingerprint density at radius 1 is 1.00 bits per heavy atom. The lowest BCUT2D eigenvalue weighted by molar-refractivity contribution is 0.0174. The minimum absolute atomic E-state index is 0.232. The van der Waals surface area contributed by atoms with Crippen LogP contribution in [0.2, 0.25) is 0 Å². The van der Waals surface area contributed by atoms with Crippen molar-refractivity contribution in [2.24, 2.45) is 0 Å². The number of rotatable bonds is 5. The Labute approximate surface area is 181 Å². The molecule has 160 valence electrons. The molecule has 0 spiro atoms. The van der Waals surface area contributed by atoms with Crippen molar-refractivity contribution in [1.29, 1.82) is 0 Å². The van der Waals surface area contributed by atoms with Crippen LogP contribution in [0, 0.1) is 11.6 Å². The minimum Gasteiger partial charge on any atom is -0.487 e. The smallest absolute Gasteiger partial charge is 0.258 e. The molecule has 7 nitrogen and oxygen atoms in total. The second-order valence-electron chi connectivity index (χ2n) is 7.26. The summed E-state index contributed by atoms with van der Waals surface area (Å²) >= 11 is 0. The van der Waals surface area contributed by atoms with Gasteiger partial charge in [-0.15, -0.1) is 0 Å². The van der Waals surface area contributed by atoms with Gasteiger partial charge in [0.1, 0.15) is 23.5 Å². The summed E-state index contributed by atoms with van der Waals surface area (Å²) in [5.74, 6) is -0.500. The Hall–Kier alpha value is -4.14. The minimum atomic E-state index is -0.745. The number of nitrogens with zero attached hydrogens (tertiary/aromatic N) is 4. The number of benzene rings is 2. The second-order valence-corrected chi connectivity index (χ2v) is 7.26. The average Bonchev–Trinajstić information content (AvgIpc) is 3.28. The van der Waals surface area contributed by atoms with Gasteiger partial charge in [0.25, 0.3) is 11.8 Å². The van der Waals surface area contributed by atoms with Gasteiger partial charge in [0.05, 0.1) is 18.7 Å². The van der Waals surface area contributed by atoms with Gasteiger partial charge in [-0.3, -0.25) is 9.78 Å². The molecule has 4 aromatic rings. The van der Waals surface area contributed by atoms with E-state index < -0.39 is 17.5 Å². The molecule has 32 heavy (non-hydrogen) atoms. The molecule has 0 radical (unpaired) electrons. The molecule has 0 atom stereocenters. The number of carbonyl (C=O) groups is 1. The molecule has 1 aliphatic heterocycles. The summed E-state index contributed by atoms with van der Waals surface area (Å²) in [6, 6.07) is 13.5. The van der Waals surface area contributed by atoms with Gasteiger partial charge in [-0.05, 0) is 54.6 Å². The molecule has 0 bridgehead atoms. The highest BCUT2D eigenvalue weighted by molar-refractivity contribution is 5.95. The molecule has 1 aliphatic rings. The van der Waals surface area contributed by atoms with Gasteiger partial charge in [0.15, 0.2) is 0 Å². The van der Waals surface area contributed by atoms with E-state index in [0.29, 0.717) is 17.5 Å².